The van der Waals surface area contributed by atoms with Crippen molar-refractivity contribution in [2.45, 2.75) is 32.2 Å². The highest BCUT2D eigenvalue weighted by Gasteiger charge is 2.17. The van der Waals surface area contributed by atoms with Gasteiger partial charge >= 0.3 is 5.97 Å². The van der Waals surface area contributed by atoms with Crippen LogP contribution in [-0.4, -0.2) is 28.1 Å². The fraction of sp³-hybridized carbons (Fsp3) is 0.538. The molecule has 2 rings (SSSR count). The van der Waals surface area contributed by atoms with Gasteiger partial charge in [-0.1, -0.05) is 19.3 Å². The second-order valence-corrected chi connectivity index (χ2v) is 4.76. The first-order valence-electron chi connectivity index (χ1n) is 6.32. The molecule has 2 N–H and O–H groups in total. The first-order chi connectivity index (χ1) is 8.66. The third kappa shape index (κ3) is 3.12. The van der Waals surface area contributed by atoms with Gasteiger partial charge in [-0.05, 0) is 24.5 Å². The highest BCUT2D eigenvalue weighted by atomic mass is 16.4. The normalized spacial score (nSPS) is 15.1. The third-order valence-corrected chi connectivity index (χ3v) is 3.46. The van der Waals surface area contributed by atoms with Gasteiger partial charge in [-0.3, -0.25) is 4.79 Å². The molecule has 18 heavy (non-hydrogen) atoms. The molecular weight excluding hydrogens is 232 g/mol. The lowest BCUT2D eigenvalue weighted by Crippen LogP contribution is -2.31. The zero-order valence-electron chi connectivity index (χ0n) is 10.3. The first kappa shape index (κ1) is 12.7. The second kappa shape index (κ2) is 5.71. The van der Waals surface area contributed by atoms with Gasteiger partial charge in [0.1, 0.15) is 12.2 Å². The van der Waals surface area contributed by atoms with E-state index in [1.54, 1.807) is 12.3 Å². The molecule has 0 radical (unpaired) electrons. The summed E-state index contributed by atoms with van der Waals surface area (Å²) in [4.78, 5) is 22.5. The minimum Gasteiger partial charge on any atom is -0.477 e. The van der Waals surface area contributed by atoms with Crippen molar-refractivity contribution in [3.8, 4) is 0 Å². The largest absolute Gasteiger partial charge is 0.477 e. The lowest BCUT2D eigenvalue weighted by atomic mass is 9.83. The van der Waals surface area contributed by atoms with E-state index in [2.05, 4.69) is 5.32 Å². The Morgan fingerprint density at radius 1 is 1.44 bits per heavy atom. The molecule has 1 saturated carbocycles. The van der Waals surface area contributed by atoms with Gasteiger partial charge in [0.15, 0.2) is 0 Å². The number of carboxylic acid groups (broad SMARTS) is 1. The van der Waals surface area contributed by atoms with Crippen molar-refractivity contribution in [1.29, 1.82) is 0 Å². The van der Waals surface area contributed by atoms with E-state index in [1.165, 1.54) is 29.9 Å². The first-order valence-corrected chi connectivity index (χ1v) is 6.32. The number of carboxylic acids is 1. The van der Waals surface area contributed by atoms with Crippen LogP contribution in [0, 0.1) is 5.92 Å². The van der Waals surface area contributed by atoms with E-state index in [9.17, 15) is 9.59 Å². The molecule has 1 heterocycles. The fourth-order valence-electron chi connectivity index (χ4n) is 2.15. The standard InChI is InChI=1S/C13H18N2O3/c16-12(14-7-6-10-3-1-4-10)9-15-8-2-5-11(15)13(17)18/h2,5,8,10H,1,3-4,6-7,9H2,(H,14,16)(H,17,18). The Hall–Kier alpha value is -1.78. The monoisotopic (exact) mass is 250 g/mol. The summed E-state index contributed by atoms with van der Waals surface area (Å²) >= 11 is 0. The molecule has 0 bridgehead atoms. The molecule has 1 aromatic rings. The number of nitrogens with zero attached hydrogens (tertiary/aromatic N) is 1. The molecule has 98 valence electrons. The molecule has 1 amide bonds. The van der Waals surface area contributed by atoms with Crippen molar-refractivity contribution >= 4 is 11.9 Å². The molecule has 0 spiro atoms. The van der Waals surface area contributed by atoms with E-state index in [4.69, 9.17) is 5.11 Å². The zero-order valence-corrected chi connectivity index (χ0v) is 10.3. The van der Waals surface area contributed by atoms with Crippen LogP contribution in [0.1, 0.15) is 36.2 Å². The van der Waals surface area contributed by atoms with Crippen LogP contribution in [0.2, 0.25) is 0 Å². The van der Waals surface area contributed by atoms with Gasteiger partial charge in [0, 0.05) is 12.7 Å². The Balaban J connectivity index is 1.75. The predicted octanol–water partition coefficient (Wildman–Crippen LogP) is 1.49. The minimum absolute atomic E-state index is 0.0687. The van der Waals surface area contributed by atoms with E-state index in [0.717, 1.165) is 12.3 Å². The Morgan fingerprint density at radius 3 is 2.83 bits per heavy atom. The second-order valence-electron chi connectivity index (χ2n) is 4.76. The molecule has 0 saturated heterocycles. The van der Waals surface area contributed by atoms with Gasteiger partial charge in [-0.2, -0.15) is 0 Å². The zero-order chi connectivity index (χ0) is 13.0. The van der Waals surface area contributed by atoms with Crippen LogP contribution in [-0.2, 0) is 11.3 Å². The van der Waals surface area contributed by atoms with Crippen LogP contribution < -0.4 is 5.32 Å². The molecule has 5 nitrogen and oxygen atoms in total. The van der Waals surface area contributed by atoms with Gasteiger partial charge in [0.2, 0.25) is 5.91 Å². The molecule has 1 aliphatic rings. The maximum absolute atomic E-state index is 11.6. The van der Waals surface area contributed by atoms with Gasteiger partial charge in [0.25, 0.3) is 0 Å². The molecule has 1 aromatic heterocycles. The maximum Gasteiger partial charge on any atom is 0.352 e. The van der Waals surface area contributed by atoms with Crippen molar-refractivity contribution in [2.75, 3.05) is 6.54 Å². The van der Waals surface area contributed by atoms with Crippen LogP contribution in [0.5, 0.6) is 0 Å². The van der Waals surface area contributed by atoms with Crippen LogP contribution in [0.3, 0.4) is 0 Å². The van der Waals surface area contributed by atoms with Crippen LogP contribution in [0.15, 0.2) is 18.3 Å². The summed E-state index contributed by atoms with van der Waals surface area (Å²) in [7, 11) is 0. The van der Waals surface area contributed by atoms with E-state index >= 15 is 0 Å². The number of nitrogens with one attached hydrogen (secondary N) is 1. The smallest absolute Gasteiger partial charge is 0.352 e. The lowest BCUT2D eigenvalue weighted by Gasteiger charge is -2.25. The van der Waals surface area contributed by atoms with Gasteiger partial charge in [-0.25, -0.2) is 4.79 Å². The number of hydrogen-bond acceptors (Lipinski definition) is 2. The van der Waals surface area contributed by atoms with E-state index in [0.29, 0.717) is 6.54 Å². The third-order valence-electron chi connectivity index (χ3n) is 3.46. The van der Waals surface area contributed by atoms with Crippen LogP contribution in [0.25, 0.3) is 0 Å². The Morgan fingerprint density at radius 2 is 2.22 bits per heavy atom. The van der Waals surface area contributed by atoms with E-state index < -0.39 is 5.97 Å². The molecule has 5 heteroatoms. The average molecular weight is 250 g/mol. The number of carbonyl (C=O) groups excluding carboxylic acids is 1. The summed E-state index contributed by atoms with van der Waals surface area (Å²) in [5.74, 6) is -0.373. The van der Waals surface area contributed by atoms with Gasteiger partial charge in [0.05, 0.1) is 0 Å². The molecule has 0 atom stereocenters. The molecule has 0 aromatic carbocycles. The molecule has 1 aliphatic carbocycles. The summed E-state index contributed by atoms with van der Waals surface area (Å²) in [5, 5.41) is 11.7. The average Bonchev–Trinajstić information content (AvgIpc) is 2.69. The summed E-state index contributed by atoms with van der Waals surface area (Å²) in [6, 6.07) is 3.12. The topological polar surface area (TPSA) is 71.3 Å². The van der Waals surface area contributed by atoms with Crippen LogP contribution >= 0.6 is 0 Å². The molecule has 1 fully saturated rings. The highest BCUT2D eigenvalue weighted by molar-refractivity contribution is 5.86. The number of aromatic nitrogens is 1. The van der Waals surface area contributed by atoms with Crippen molar-refractivity contribution in [2.24, 2.45) is 5.92 Å². The number of carbonyl (C=O) groups is 2. The number of rotatable bonds is 6. The molecule has 0 aliphatic heterocycles. The number of hydrogen-bond donors (Lipinski definition) is 2. The lowest BCUT2D eigenvalue weighted by molar-refractivity contribution is -0.121. The van der Waals surface area contributed by atoms with Crippen LogP contribution in [0.4, 0.5) is 0 Å². The van der Waals surface area contributed by atoms with Crippen molar-refractivity contribution in [1.82, 2.24) is 9.88 Å². The van der Waals surface area contributed by atoms with Crippen molar-refractivity contribution in [3.63, 3.8) is 0 Å². The van der Waals surface area contributed by atoms with E-state index in [-0.39, 0.29) is 18.1 Å². The summed E-state index contributed by atoms with van der Waals surface area (Å²) in [5.41, 5.74) is 0.143. The fourth-order valence-corrected chi connectivity index (χ4v) is 2.15. The summed E-state index contributed by atoms with van der Waals surface area (Å²) in [6.07, 6.45) is 6.50. The maximum atomic E-state index is 11.6. The molecular formula is C13H18N2O3. The van der Waals surface area contributed by atoms with E-state index in [1.807, 2.05) is 0 Å². The SMILES string of the molecule is O=C(Cn1cccc1C(=O)O)NCCC1CCC1. The van der Waals surface area contributed by atoms with Crippen molar-refractivity contribution < 1.29 is 14.7 Å². The number of amides is 1. The summed E-state index contributed by atoms with van der Waals surface area (Å²) < 4.78 is 1.45. The van der Waals surface area contributed by atoms with Gasteiger partial charge < -0.3 is 15.0 Å². The predicted molar refractivity (Wildman–Crippen MR) is 66.4 cm³/mol. The Kier molecular flexibility index (Phi) is 4.02. The number of aromatic carboxylic acids is 1. The Bertz CT molecular complexity index is 435. The quantitative estimate of drug-likeness (QED) is 0.803. The minimum atomic E-state index is -1.01. The molecule has 0 unspecified atom stereocenters. The highest BCUT2D eigenvalue weighted by Crippen LogP contribution is 2.28. The van der Waals surface area contributed by atoms with Gasteiger partial charge in [-0.15, -0.1) is 0 Å². The summed E-state index contributed by atoms with van der Waals surface area (Å²) in [6.45, 7) is 0.756. The van der Waals surface area contributed by atoms with Crippen molar-refractivity contribution in [3.05, 3.63) is 24.0 Å². The Labute approximate surface area is 106 Å².